The SMILES string of the molecule is Cc1c(C)c(/C=C2\C(=O)C3(C(C)C)CCC2C3(C)C)c(C)c(C)c1/C=C1\C(=O)C2(C)CCC1C2(C)C. The van der Waals surface area contributed by atoms with Crippen LogP contribution < -0.4 is 0 Å². The Morgan fingerprint density at radius 3 is 1.47 bits per heavy atom. The molecule has 0 amide bonds. The first-order chi connectivity index (χ1) is 16.6. The Hall–Kier alpha value is -1.96. The van der Waals surface area contributed by atoms with Crippen molar-refractivity contribution < 1.29 is 9.59 Å². The fourth-order valence-electron chi connectivity index (χ4n) is 9.40. The second kappa shape index (κ2) is 7.55. The molecule has 2 heteroatoms. The van der Waals surface area contributed by atoms with Crippen molar-refractivity contribution in [2.24, 2.45) is 39.4 Å². The van der Waals surface area contributed by atoms with Crippen molar-refractivity contribution in [3.05, 3.63) is 44.5 Å². The Kier molecular flexibility index (Phi) is 5.38. The number of carbonyl (C=O) groups is 2. The lowest BCUT2D eigenvalue weighted by atomic mass is 9.62. The van der Waals surface area contributed by atoms with E-state index in [1.54, 1.807) is 0 Å². The molecule has 0 aromatic heterocycles. The van der Waals surface area contributed by atoms with Crippen molar-refractivity contribution in [1.29, 1.82) is 0 Å². The van der Waals surface area contributed by atoms with E-state index in [4.69, 9.17) is 0 Å². The van der Waals surface area contributed by atoms with E-state index < -0.39 is 0 Å². The van der Waals surface area contributed by atoms with Crippen molar-refractivity contribution in [3.63, 3.8) is 0 Å². The lowest BCUT2D eigenvalue weighted by Crippen LogP contribution is -2.40. The van der Waals surface area contributed by atoms with Crippen LogP contribution in [-0.4, -0.2) is 11.6 Å². The Bertz CT molecular complexity index is 1240. The van der Waals surface area contributed by atoms with Crippen molar-refractivity contribution in [3.8, 4) is 0 Å². The first-order valence-corrected chi connectivity index (χ1v) is 14.2. The van der Waals surface area contributed by atoms with Crippen LogP contribution in [0.4, 0.5) is 0 Å². The molecule has 36 heavy (non-hydrogen) atoms. The molecule has 4 atom stereocenters. The summed E-state index contributed by atoms with van der Waals surface area (Å²) in [6.45, 7) is 24.7. The Morgan fingerprint density at radius 1 is 0.667 bits per heavy atom. The zero-order chi connectivity index (χ0) is 26.7. The van der Waals surface area contributed by atoms with Gasteiger partial charge in [-0.15, -0.1) is 0 Å². The minimum absolute atomic E-state index is 0.00536. The second-order valence-corrected chi connectivity index (χ2v) is 14.3. The van der Waals surface area contributed by atoms with Gasteiger partial charge in [0, 0.05) is 10.8 Å². The molecule has 0 saturated heterocycles. The molecule has 4 bridgehead atoms. The van der Waals surface area contributed by atoms with E-state index in [1.165, 1.54) is 33.4 Å². The van der Waals surface area contributed by atoms with E-state index in [-0.39, 0.29) is 21.7 Å². The Labute approximate surface area is 219 Å². The van der Waals surface area contributed by atoms with Crippen LogP contribution in [0, 0.1) is 67.1 Å². The Morgan fingerprint density at radius 2 is 1.08 bits per heavy atom. The second-order valence-electron chi connectivity index (χ2n) is 14.3. The molecule has 4 fully saturated rings. The number of hydrogen-bond donors (Lipinski definition) is 0. The number of fused-ring (bicyclic) bond motifs is 4. The lowest BCUT2D eigenvalue weighted by molar-refractivity contribution is -0.130. The summed E-state index contributed by atoms with van der Waals surface area (Å²) < 4.78 is 0. The van der Waals surface area contributed by atoms with Gasteiger partial charge in [-0.25, -0.2) is 0 Å². The van der Waals surface area contributed by atoms with Gasteiger partial charge in [0.1, 0.15) is 0 Å². The molecule has 194 valence electrons. The molecule has 0 heterocycles. The average Bonchev–Trinajstić information content (AvgIpc) is 3.32. The minimum Gasteiger partial charge on any atom is -0.294 e. The summed E-state index contributed by atoms with van der Waals surface area (Å²) in [4.78, 5) is 27.5. The van der Waals surface area contributed by atoms with Crippen LogP contribution in [0.25, 0.3) is 12.2 Å². The molecule has 4 aliphatic rings. The molecule has 0 aliphatic heterocycles. The summed E-state index contributed by atoms with van der Waals surface area (Å²) in [7, 11) is 0. The molecule has 5 rings (SSSR count). The third kappa shape index (κ3) is 2.75. The molecule has 4 saturated carbocycles. The molecular formula is C34H46O2. The maximum absolute atomic E-state index is 13.9. The number of ketones is 2. The number of benzene rings is 1. The predicted molar refractivity (Wildman–Crippen MR) is 150 cm³/mol. The van der Waals surface area contributed by atoms with Gasteiger partial charge in [0.15, 0.2) is 11.6 Å². The average molecular weight is 487 g/mol. The normalized spacial score (nSPS) is 36.3. The van der Waals surface area contributed by atoms with Gasteiger partial charge in [-0.1, -0.05) is 48.5 Å². The smallest absolute Gasteiger partial charge is 0.166 e. The maximum atomic E-state index is 13.9. The van der Waals surface area contributed by atoms with Crippen molar-refractivity contribution in [1.82, 2.24) is 0 Å². The number of hydrogen-bond acceptors (Lipinski definition) is 2. The van der Waals surface area contributed by atoms with Gasteiger partial charge in [-0.3, -0.25) is 9.59 Å². The summed E-state index contributed by atoms with van der Waals surface area (Å²) in [6.07, 6.45) is 8.74. The van der Waals surface area contributed by atoms with E-state index in [0.29, 0.717) is 29.3 Å². The van der Waals surface area contributed by atoms with Gasteiger partial charge >= 0.3 is 0 Å². The van der Waals surface area contributed by atoms with Crippen LogP contribution in [0.2, 0.25) is 0 Å². The fraction of sp³-hybridized carbons (Fsp3) is 0.647. The molecule has 2 nitrogen and oxygen atoms in total. The maximum Gasteiger partial charge on any atom is 0.166 e. The third-order valence-electron chi connectivity index (χ3n) is 12.6. The molecule has 4 unspecified atom stereocenters. The molecule has 0 radical (unpaired) electrons. The number of Topliss-reactive ketones (excluding diaryl/α,β-unsaturated/α-hetero) is 2. The molecule has 0 spiro atoms. The van der Waals surface area contributed by atoms with Crippen LogP contribution in [0.15, 0.2) is 11.1 Å². The number of allylic oxidation sites excluding steroid dienone is 2. The highest BCUT2D eigenvalue weighted by Gasteiger charge is 2.67. The standard InChI is InChI=1S/C34H46O2/c1-18(2)34-15-13-28(32(34,9)10)26(30(34)36)17-24-21(5)19(3)23(20(4)22(24)6)16-25-27-12-14-33(11,29(25)35)31(27,7)8/h16-18,27-28H,12-15H2,1-11H3/b25-16-,26-17-. The van der Waals surface area contributed by atoms with Crippen LogP contribution in [0.1, 0.15) is 108 Å². The highest BCUT2D eigenvalue weighted by Crippen LogP contribution is 2.69. The summed E-state index contributed by atoms with van der Waals surface area (Å²) >= 11 is 0. The summed E-state index contributed by atoms with van der Waals surface area (Å²) in [5.74, 6) is 1.78. The van der Waals surface area contributed by atoms with Crippen LogP contribution in [0.3, 0.4) is 0 Å². The van der Waals surface area contributed by atoms with Crippen molar-refractivity contribution >= 4 is 23.7 Å². The zero-order valence-corrected chi connectivity index (χ0v) is 24.5. The first-order valence-electron chi connectivity index (χ1n) is 14.2. The van der Waals surface area contributed by atoms with Crippen LogP contribution >= 0.6 is 0 Å². The van der Waals surface area contributed by atoms with Gasteiger partial charge < -0.3 is 0 Å². The number of rotatable bonds is 3. The number of carbonyl (C=O) groups excluding carboxylic acids is 2. The van der Waals surface area contributed by atoms with E-state index in [0.717, 1.165) is 36.8 Å². The monoisotopic (exact) mass is 486 g/mol. The highest BCUT2D eigenvalue weighted by molar-refractivity contribution is 6.09. The quantitative estimate of drug-likeness (QED) is 0.402. The van der Waals surface area contributed by atoms with Gasteiger partial charge in [0.25, 0.3) is 0 Å². The van der Waals surface area contributed by atoms with Crippen LogP contribution in [0.5, 0.6) is 0 Å². The molecular weight excluding hydrogens is 440 g/mol. The first kappa shape index (κ1) is 25.7. The summed E-state index contributed by atoms with van der Waals surface area (Å²) in [5, 5.41) is 0. The van der Waals surface area contributed by atoms with E-state index in [2.05, 4.69) is 88.3 Å². The molecule has 4 aliphatic carbocycles. The fourth-order valence-corrected chi connectivity index (χ4v) is 9.40. The minimum atomic E-state index is -0.235. The lowest BCUT2D eigenvalue weighted by Gasteiger charge is -2.39. The summed E-state index contributed by atoms with van der Waals surface area (Å²) in [5.41, 5.74) is 9.03. The summed E-state index contributed by atoms with van der Waals surface area (Å²) in [6, 6.07) is 0. The van der Waals surface area contributed by atoms with Crippen molar-refractivity contribution in [2.75, 3.05) is 0 Å². The van der Waals surface area contributed by atoms with Gasteiger partial charge in [-0.2, -0.15) is 0 Å². The van der Waals surface area contributed by atoms with E-state index in [1.807, 2.05) is 0 Å². The van der Waals surface area contributed by atoms with Gasteiger partial charge in [-0.05, 0) is 139 Å². The van der Waals surface area contributed by atoms with Crippen LogP contribution in [-0.2, 0) is 9.59 Å². The molecule has 0 N–H and O–H groups in total. The Balaban J connectivity index is 1.62. The van der Waals surface area contributed by atoms with E-state index in [9.17, 15) is 9.59 Å². The van der Waals surface area contributed by atoms with Crippen molar-refractivity contribution in [2.45, 2.75) is 102 Å². The molecule has 1 aromatic rings. The topological polar surface area (TPSA) is 34.1 Å². The largest absolute Gasteiger partial charge is 0.294 e. The van der Waals surface area contributed by atoms with Gasteiger partial charge in [0.05, 0.1) is 0 Å². The van der Waals surface area contributed by atoms with E-state index >= 15 is 0 Å². The third-order valence-corrected chi connectivity index (χ3v) is 12.6. The zero-order valence-electron chi connectivity index (χ0n) is 24.5. The molecule has 1 aromatic carbocycles. The van der Waals surface area contributed by atoms with Gasteiger partial charge in [0.2, 0.25) is 0 Å². The predicted octanol–water partition coefficient (Wildman–Crippen LogP) is 8.37. The highest BCUT2D eigenvalue weighted by atomic mass is 16.1.